The fourth-order valence-electron chi connectivity index (χ4n) is 1.96. The van der Waals surface area contributed by atoms with Crippen molar-refractivity contribution in [2.75, 3.05) is 11.9 Å². The highest BCUT2D eigenvalue weighted by Crippen LogP contribution is 2.34. The van der Waals surface area contributed by atoms with Crippen molar-refractivity contribution in [3.05, 3.63) is 46.3 Å². The number of nitro groups is 1. The van der Waals surface area contributed by atoms with Gasteiger partial charge in [0.25, 0.3) is 0 Å². The Bertz CT molecular complexity index is 628. The number of nitrogens with one attached hydrogen (secondary N) is 1. The molecule has 0 aliphatic rings. The summed E-state index contributed by atoms with van der Waals surface area (Å²) in [4.78, 5) is 19.0. The van der Waals surface area contributed by atoms with Crippen molar-refractivity contribution in [2.24, 2.45) is 0 Å². The van der Waals surface area contributed by atoms with Gasteiger partial charge in [-0.2, -0.15) is 0 Å². The van der Waals surface area contributed by atoms with E-state index in [0.717, 1.165) is 17.5 Å². The lowest BCUT2D eigenvalue weighted by Gasteiger charge is -2.09. The SMILES string of the molecule is CCCNc1ncnc(-c2ccccc2C)c1[N+](=O)[O-]. The van der Waals surface area contributed by atoms with Crippen LogP contribution in [0.3, 0.4) is 0 Å². The van der Waals surface area contributed by atoms with E-state index in [0.29, 0.717) is 12.2 Å². The first kappa shape index (κ1) is 13.9. The molecule has 2 rings (SSSR count). The van der Waals surface area contributed by atoms with E-state index < -0.39 is 4.92 Å². The highest BCUT2D eigenvalue weighted by molar-refractivity contribution is 5.78. The molecule has 0 aliphatic heterocycles. The fraction of sp³-hybridized carbons (Fsp3) is 0.286. The van der Waals surface area contributed by atoms with Crippen LogP contribution in [0.4, 0.5) is 11.5 Å². The lowest BCUT2D eigenvalue weighted by Crippen LogP contribution is -2.07. The van der Waals surface area contributed by atoms with Gasteiger partial charge < -0.3 is 5.32 Å². The second-order valence-electron chi connectivity index (χ2n) is 4.42. The number of hydrogen-bond acceptors (Lipinski definition) is 5. The summed E-state index contributed by atoms with van der Waals surface area (Å²) in [5, 5.41) is 14.4. The topological polar surface area (TPSA) is 81.0 Å². The van der Waals surface area contributed by atoms with Gasteiger partial charge in [-0.15, -0.1) is 0 Å². The molecule has 0 bridgehead atoms. The van der Waals surface area contributed by atoms with Crippen LogP contribution < -0.4 is 5.32 Å². The number of aryl methyl sites for hydroxylation is 1. The second-order valence-corrected chi connectivity index (χ2v) is 4.42. The van der Waals surface area contributed by atoms with Gasteiger partial charge in [-0.3, -0.25) is 10.1 Å². The maximum Gasteiger partial charge on any atom is 0.337 e. The molecule has 0 fully saturated rings. The van der Waals surface area contributed by atoms with Gasteiger partial charge in [-0.05, 0) is 18.9 Å². The number of anilines is 1. The van der Waals surface area contributed by atoms with Crippen LogP contribution in [0.5, 0.6) is 0 Å². The smallest absolute Gasteiger partial charge is 0.337 e. The molecule has 0 atom stereocenters. The molecule has 1 aromatic heterocycles. The summed E-state index contributed by atoms with van der Waals surface area (Å²) in [6.45, 7) is 4.52. The van der Waals surface area contributed by atoms with Crippen LogP contribution in [0.1, 0.15) is 18.9 Å². The van der Waals surface area contributed by atoms with Crippen LogP contribution in [-0.2, 0) is 0 Å². The van der Waals surface area contributed by atoms with Crippen molar-refractivity contribution in [1.29, 1.82) is 0 Å². The third kappa shape index (κ3) is 2.74. The van der Waals surface area contributed by atoms with Crippen molar-refractivity contribution >= 4 is 11.5 Å². The van der Waals surface area contributed by atoms with E-state index in [1.54, 1.807) is 0 Å². The van der Waals surface area contributed by atoms with E-state index in [1.807, 2.05) is 38.1 Å². The van der Waals surface area contributed by atoms with Gasteiger partial charge in [0.05, 0.1) is 4.92 Å². The average Bonchev–Trinajstić information content (AvgIpc) is 2.45. The van der Waals surface area contributed by atoms with Crippen molar-refractivity contribution in [1.82, 2.24) is 9.97 Å². The zero-order chi connectivity index (χ0) is 14.5. The van der Waals surface area contributed by atoms with Gasteiger partial charge in [0.2, 0.25) is 5.82 Å². The van der Waals surface area contributed by atoms with E-state index in [-0.39, 0.29) is 11.5 Å². The predicted molar refractivity (Wildman–Crippen MR) is 77.6 cm³/mol. The molecule has 6 heteroatoms. The van der Waals surface area contributed by atoms with Crippen LogP contribution in [0.25, 0.3) is 11.3 Å². The van der Waals surface area contributed by atoms with E-state index in [4.69, 9.17) is 0 Å². The molecule has 0 saturated carbocycles. The third-order valence-electron chi connectivity index (χ3n) is 2.95. The predicted octanol–water partition coefficient (Wildman–Crippen LogP) is 3.18. The lowest BCUT2D eigenvalue weighted by molar-refractivity contribution is -0.383. The Kier molecular flexibility index (Phi) is 4.24. The summed E-state index contributed by atoms with van der Waals surface area (Å²) >= 11 is 0. The monoisotopic (exact) mass is 272 g/mol. The Morgan fingerprint density at radius 3 is 2.70 bits per heavy atom. The number of rotatable bonds is 5. The van der Waals surface area contributed by atoms with Gasteiger partial charge >= 0.3 is 5.69 Å². The number of hydrogen-bond donors (Lipinski definition) is 1. The largest absolute Gasteiger partial charge is 0.364 e. The molecule has 0 radical (unpaired) electrons. The van der Waals surface area contributed by atoms with Gasteiger partial charge in [-0.1, -0.05) is 31.2 Å². The van der Waals surface area contributed by atoms with Crippen LogP contribution in [-0.4, -0.2) is 21.4 Å². The van der Waals surface area contributed by atoms with Gasteiger partial charge in [0, 0.05) is 12.1 Å². The summed E-state index contributed by atoms with van der Waals surface area (Å²) < 4.78 is 0. The van der Waals surface area contributed by atoms with E-state index in [1.165, 1.54) is 6.33 Å². The molecular formula is C14H16N4O2. The molecular weight excluding hydrogens is 256 g/mol. The normalized spacial score (nSPS) is 10.3. The second kappa shape index (κ2) is 6.10. The van der Waals surface area contributed by atoms with Gasteiger partial charge in [0.15, 0.2) is 5.69 Å². The maximum absolute atomic E-state index is 11.4. The van der Waals surface area contributed by atoms with Crippen LogP contribution >= 0.6 is 0 Å². The Morgan fingerprint density at radius 2 is 2.05 bits per heavy atom. The average molecular weight is 272 g/mol. The molecule has 104 valence electrons. The summed E-state index contributed by atoms with van der Waals surface area (Å²) in [7, 11) is 0. The molecule has 1 aromatic carbocycles. The molecule has 0 saturated heterocycles. The van der Waals surface area contributed by atoms with Gasteiger partial charge in [0.1, 0.15) is 6.33 Å². The highest BCUT2D eigenvalue weighted by Gasteiger charge is 2.24. The quantitative estimate of drug-likeness (QED) is 0.667. The molecule has 0 unspecified atom stereocenters. The zero-order valence-electron chi connectivity index (χ0n) is 11.5. The Morgan fingerprint density at radius 1 is 1.30 bits per heavy atom. The molecule has 0 aliphatic carbocycles. The minimum absolute atomic E-state index is 0.0738. The summed E-state index contributed by atoms with van der Waals surface area (Å²) in [6.07, 6.45) is 2.22. The summed E-state index contributed by atoms with van der Waals surface area (Å²) in [5.41, 5.74) is 1.97. The number of aromatic nitrogens is 2. The molecule has 0 spiro atoms. The minimum Gasteiger partial charge on any atom is -0.364 e. The maximum atomic E-state index is 11.4. The van der Waals surface area contributed by atoms with Crippen molar-refractivity contribution in [2.45, 2.75) is 20.3 Å². The fourth-order valence-corrected chi connectivity index (χ4v) is 1.96. The van der Waals surface area contributed by atoms with Crippen molar-refractivity contribution in [3.63, 3.8) is 0 Å². The Hall–Kier alpha value is -2.50. The van der Waals surface area contributed by atoms with E-state index in [9.17, 15) is 10.1 Å². The Labute approximate surface area is 117 Å². The van der Waals surface area contributed by atoms with E-state index in [2.05, 4.69) is 15.3 Å². The van der Waals surface area contributed by atoms with Crippen molar-refractivity contribution < 1.29 is 4.92 Å². The third-order valence-corrected chi connectivity index (χ3v) is 2.95. The number of benzene rings is 1. The van der Waals surface area contributed by atoms with Crippen LogP contribution in [0.2, 0.25) is 0 Å². The van der Waals surface area contributed by atoms with Gasteiger partial charge in [-0.25, -0.2) is 9.97 Å². The zero-order valence-corrected chi connectivity index (χ0v) is 11.5. The van der Waals surface area contributed by atoms with Crippen molar-refractivity contribution in [3.8, 4) is 11.3 Å². The summed E-state index contributed by atoms with van der Waals surface area (Å²) in [6, 6.07) is 7.46. The first-order valence-corrected chi connectivity index (χ1v) is 6.44. The number of nitrogens with zero attached hydrogens (tertiary/aromatic N) is 3. The summed E-state index contributed by atoms with van der Waals surface area (Å²) in [5.74, 6) is 0.269. The first-order chi connectivity index (χ1) is 9.65. The molecule has 1 N–H and O–H groups in total. The molecule has 6 nitrogen and oxygen atoms in total. The van der Waals surface area contributed by atoms with E-state index >= 15 is 0 Å². The van der Waals surface area contributed by atoms with Crippen LogP contribution in [0.15, 0.2) is 30.6 Å². The lowest BCUT2D eigenvalue weighted by atomic mass is 10.0. The first-order valence-electron chi connectivity index (χ1n) is 6.44. The molecule has 20 heavy (non-hydrogen) atoms. The standard InChI is InChI=1S/C14H16N4O2/c1-3-8-15-14-13(18(19)20)12(16-9-17-14)11-7-5-4-6-10(11)2/h4-7,9H,3,8H2,1-2H3,(H,15,16,17). The minimum atomic E-state index is -0.431. The van der Waals surface area contributed by atoms with Crippen LogP contribution in [0, 0.1) is 17.0 Å². The Balaban J connectivity index is 2.58. The molecule has 2 aromatic rings. The molecule has 1 heterocycles. The molecule has 0 amide bonds. The highest BCUT2D eigenvalue weighted by atomic mass is 16.6.